The Morgan fingerprint density at radius 2 is 2.31 bits per heavy atom. The predicted molar refractivity (Wildman–Crippen MR) is 71.0 cm³/mol. The first-order chi connectivity index (χ1) is 7.83. The lowest BCUT2D eigenvalue weighted by molar-refractivity contribution is 0.834. The van der Waals surface area contributed by atoms with Crippen LogP contribution >= 0.6 is 27.3 Å². The van der Waals surface area contributed by atoms with Gasteiger partial charge in [-0.3, -0.25) is 0 Å². The van der Waals surface area contributed by atoms with E-state index in [9.17, 15) is 0 Å². The van der Waals surface area contributed by atoms with E-state index < -0.39 is 0 Å². The largest absolute Gasteiger partial charge is 0.351 e. The Balaban J connectivity index is 1.88. The summed E-state index contributed by atoms with van der Waals surface area (Å²) in [5.41, 5.74) is 1.36. The molecule has 0 bridgehead atoms. The molecule has 16 heavy (non-hydrogen) atoms. The maximum absolute atomic E-state index is 4.56. The van der Waals surface area contributed by atoms with E-state index in [0.29, 0.717) is 0 Å². The fraction of sp³-hybridized carbons (Fsp3) is 0.250. The quantitative estimate of drug-likeness (QED) is 0.789. The Kier molecular flexibility index (Phi) is 2.69. The van der Waals surface area contributed by atoms with Crippen LogP contribution < -0.4 is 4.90 Å². The van der Waals surface area contributed by atoms with Crippen LogP contribution in [0, 0.1) is 0 Å². The van der Waals surface area contributed by atoms with Crippen LogP contribution in [0.2, 0.25) is 0 Å². The van der Waals surface area contributed by atoms with Gasteiger partial charge in [0.05, 0.1) is 6.54 Å². The van der Waals surface area contributed by atoms with Gasteiger partial charge in [-0.2, -0.15) is 0 Å². The first-order valence-corrected chi connectivity index (χ1v) is 6.93. The molecular weight excluding hydrogens is 284 g/mol. The molecular formula is C12H11BrN2S. The Bertz CT molecular complexity index is 496. The molecule has 1 aliphatic heterocycles. The summed E-state index contributed by atoms with van der Waals surface area (Å²) in [4.78, 5) is 8.31. The van der Waals surface area contributed by atoms with Crippen molar-refractivity contribution in [1.82, 2.24) is 4.98 Å². The van der Waals surface area contributed by atoms with Gasteiger partial charge < -0.3 is 4.90 Å². The maximum atomic E-state index is 4.56. The Labute approximate surface area is 107 Å². The van der Waals surface area contributed by atoms with Crippen molar-refractivity contribution in [2.45, 2.75) is 13.0 Å². The lowest BCUT2D eigenvalue weighted by atomic mass is 10.2. The van der Waals surface area contributed by atoms with E-state index in [1.807, 2.05) is 17.4 Å². The van der Waals surface area contributed by atoms with Crippen molar-refractivity contribution in [2.24, 2.45) is 0 Å². The third kappa shape index (κ3) is 1.87. The maximum Gasteiger partial charge on any atom is 0.133 e. The van der Waals surface area contributed by atoms with Crippen molar-refractivity contribution in [2.75, 3.05) is 11.4 Å². The zero-order chi connectivity index (χ0) is 11.0. The molecule has 82 valence electrons. The highest BCUT2D eigenvalue weighted by molar-refractivity contribution is 9.10. The summed E-state index contributed by atoms with van der Waals surface area (Å²) in [6, 6.07) is 8.47. The zero-order valence-electron chi connectivity index (χ0n) is 8.69. The molecule has 0 amide bonds. The Hall–Kier alpha value is -0.870. The monoisotopic (exact) mass is 294 g/mol. The van der Waals surface area contributed by atoms with Gasteiger partial charge in [0.1, 0.15) is 10.4 Å². The second-order valence-electron chi connectivity index (χ2n) is 3.87. The molecule has 0 atom stereocenters. The minimum atomic E-state index is 0.921. The molecule has 0 aliphatic carbocycles. The molecule has 2 nitrogen and oxygen atoms in total. The van der Waals surface area contributed by atoms with E-state index in [1.54, 1.807) is 0 Å². The fourth-order valence-electron chi connectivity index (χ4n) is 2.03. The van der Waals surface area contributed by atoms with Crippen LogP contribution in [0.1, 0.15) is 10.4 Å². The lowest BCUT2D eigenvalue weighted by Crippen LogP contribution is -2.19. The van der Waals surface area contributed by atoms with Gasteiger partial charge in [0.25, 0.3) is 0 Å². The second kappa shape index (κ2) is 4.18. The molecule has 0 spiro atoms. The van der Waals surface area contributed by atoms with Crippen LogP contribution in [0.25, 0.3) is 0 Å². The third-order valence-corrected chi connectivity index (χ3v) is 4.10. The van der Waals surface area contributed by atoms with Crippen LogP contribution in [0.15, 0.2) is 34.2 Å². The summed E-state index contributed by atoms with van der Waals surface area (Å²) in [5, 5.41) is 2.13. The molecule has 0 saturated heterocycles. The van der Waals surface area contributed by atoms with Gasteiger partial charge in [0.15, 0.2) is 0 Å². The highest BCUT2D eigenvalue weighted by Crippen LogP contribution is 2.29. The van der Waals surface area contributed by atoms with Crippen LogP contribution in [0.5, 0.6) is 0 Å². The topological polar surface area (TPSA) is 16.1 Å². The van der Waals surface area contributed by atoms with Crippen molar-refractivity contribution >= 4 is 33.1 Å². The number of thiophene rings is 1. The summed E-state index contributed by atoms with van der Waals surface area (Å²) in [5.74, 6) is 1.14. The molecule has 2 aromatic heterocycles. The van der Waals surface area contributed by atoms with Gasteiger partial charge in [-0.1, -0.05) is 12.1 Å². The summed E-state index contributed by atoms with van der Waals surface area (Å²) in [7, 11) is 0. The van der Waals surface area contributed by atoms with Crippen molar-refractivity contribution in [3.05, 3.63) is 44.7 Å². The number of hydrogen-bond acceptors (Lipinski definition) is 3. The van der Waals surface area contributed by atoms with Crippen molar-refractivity contribution in [1.29, 1.82) is 0 Å². The van der Waals surface area contributed by atoms with Gasteiger partial charge in [0, 0.05) is 11.4 Å². The van der Waals surface area contributed by atoms with Gasteiger partial charge in [0.2, 0.25) is 0 Å². The molecule has 0 radical (unpaired) electrons. The lowest BCUT2D eigenvalue weighted by Gasteiger charge is -2.17. The molecule has 0 N–H and O–H groups in total. The normalized spacial score (nSPS) is 14.2. The zero-order valence-corrected chi connectivity index (χ0v) is 11.1. The minimum Gasteiger partial charge on any atom is -0.351 e. The van der Waals surface area contributed by atoms with E-state index in [0.717, 1.165) is 29.9 Å². The van der Waals surface area contributed by atoms with E-state index in [-0.39, 0.29) is 0 Å². The number of hydrogen-bond donors (Lipinski definition) is 0. The Morgan fingerprint density at radius 1 is 1.38 bits per heavy atom. The SMILES string of the molecule is Brc1ccc2c(n1)N(Cc1cccs1)CC2. The number of halogens is 1. The van der Waals surface area contributed by atoms with Crippen LogP contribution in [0.4, 0.5) is 5.82 Å². The highest BCUT2D eigenvalue weighted by atomic mass is 79.9. The summed E-state index contributed by atoms with van der Waals surface area (Å²) in [6.07, 6.45) is 1.11. The smallest absolute Gasteiger partial charge is 0.133 e. The number of pyridine rings is 1. The summed E-state index contributed by atoms with van der Waals surface area (Å²) >= 11 is 5.24. The minimum absolute atomic E-state index is 0.921. The molecule has 2 aromatic rings. The third-order valence-electron chi connectivity index (χ3n) is 2.80. The molecule has 0 saturated carbocycles. The Morgan fingerprint density at radius 3 is 3.12 bits per heavy atom. The van der Waals surface area contributed by atoms with E-state index >= 15 is 0 Å². The predicted octanol–water partition coefficient (Wildman–Crippen LogP) is 3.47. The van der Waals surface area contributed by atoms with Crippen LogP contribution in [0.3, 0.4) is 0 Å². The summed E-state index contributed by atoms with van der Waals surface area (Å²) in [6.45, 7) is 2.06. The van der Waals surface area contributed by atoms with E-state index in [4.69, 9.17) is 0 Å². The molecule has 3 rings (SSSR count). The number of nitrogens with zero attached hydrogens (tertiary/aromatic N) is 2. The van der Waals surface area contributed by atoms with Gasteiger partial charge in [-0.25, -0.2) is 4.98 Å². The number of anilines is 1. The van der Waals surface area contributed by atoms with E-state index in [1.165, 1.54) is 10.4 Å². The number of fused-ring (bicyclic) bond motifs is 1. The summed E-state index contributed by atoms with van der Waals surface area (Å²) < 4.78 is 0.921. The van der Waals surface area contributed by atoms with Gasteiger partial charge in [-0.15, -0.1) is 11.3 Å². The van der Waals surface area contributed by atoms with Crippen molar-refractivity contribution in [3.8, 4) is 0 Å². The van der Waals surface area contributed by atoms with Gasteiger partial charge in [-0.05, 0) is 45.4 Å². The first kappa shape index (κ1) is 10.3. The highest BCUT2D eigenvalue weighted by Gasteiger charge is 2.20. The molecule has 0 fully saturated rings. The standard InChI is InChI=1S/C12H11BrN2S/c13-11-4-3-9-5-6-15(12(9)14-11)8-10-2-1-7-16-10/h1-4,7H,5-6,8H2. The fourth-order valence-corrected chi connectivity index (χ4v) is 3.05. The van der Waals surface area contributed by atoms with Crippen molar-refractivity contribution in [3.63, 3.8) is 0 Å². The second-order valence-corrected chi connectivity index (χ2v) is 5.71. The van der Waals surface area contributed by atoms with Crippen molar-refractivity contribution < 1.29 is 0 Å². The number of aromatic nitrogens is 1. The number of rotatable bonds is 2. The molecule has 3 heterocycles. The molecule has 1 aliphatic rings. The molecule has 0 unspecified atom stereocenters. The average Bonchev–Trinajstić information content (AvgIpc) is 2.90. The average molecular weight is 295 g/mol. The molecule has 4 heteroatoms. The first-order valence-electron chi connectivity index (χ1n) is 5.26. The van der Waals surface area contributed by atoms with Gasteiger partial charge >= 0.3 is 0 Å². The van der Waals surface area contributed by atoms with E-state index in [2.05, 4.69) is 49.4 Å². The van der Waals surface area contributed by atoms with Crippen LogP contribution in [-0.2, 0) is 13.0 Å². The van der Waals surface area contributed by atoms with Crippen LogP contribution in [-0.4, -0.2) is 11.5 Å². The molecule has 0 aromatic carbocycles.